The van der Waals surface area contributed by atoms with Gasteiger partial charge in [0, 0.05) is 6.54 Å². The Bertz CT molecular complexity index is 191. The molecular formula is C8H12FN. The average Bonchev–Trinajstić information content (AvgIpc) is 1.88. The predicted molar refractivity (Wildman–Crippen MR) is 40.2 cm³/mol. The second-order valence-electron chi connectivity index (χ2n) is 2.65. The number of nitrogens with two attached hydrogens (primary N) is 1. The van der Waals surface area contributed by atoms with Crippen LogP contribution < -0.4 is 5.73 Å². The summed E-state index contributed by atoms with van der Waals surface area (Å²) in [7, 11) is 0. The van der Waals surface area contributed by atoms with Crippen molar-refractivity contribution in [3.8, 4) is 0 Å². The van der Waals surface area contributed by atoms with Crippen molar-refractivity contribution in [3.05, 3.63) is 23.0 Å². The quantitative estimate of drug-likeness (QED) is 0.593. The second kappa shape index (κ2) is 2.97. The summed E-state index contributed by atoms with van der Waals surface area (Å²) in [5.74, 6) is -0.119. The van der Waals surface area contributed by atoms with Crippen LogP contribution in [-0.2, 0) is 0 Å². The lowest BCUT2D eigenvalue weighted by Gasteiger charge is -2.11. The molecule has 0 saturated carbocycles. The molecule has 0 aliphatic heterocycles. The Hall–Kier alpha value is -0.630. The van der Waals surface area contributed by atoms with E-state index in [2.05, 4.69) is 0 Å². The van der Waals surface area contributed by atoms with Gasteiger partial charge in [-0.25, -0.2) is 4.39 Å². The van der Waals surface area contributed by atoms with Gasteiger partial charge in [-0.2, -0.15) is 0 Å². The van der Waals surface area contributed by atoms with E-state index in [1.54, 1.807) is 6.08 Å². The zero-order valence-electron chi connectivity index (χ0n) is 6.15. The van der Waals surface area contributed by atoms with Crippen molar-refractivity contribution in [2.45, 2.75) is 19.8 Å². The van der Waals surface area contributed by atoms with Gasteiger partial charge in [-0.3, -0.25) is 0 Å². The van der Waals surface area contributed by atoms with E-state index in [4.69, 9.17) is 5.73 Å². The molecule has 0 aromatic carbocycles. The normalized spacial score (nSPS) is 19.3. The SMILES string of the molecule is CC1=CC(F)=C(CN)CC1. The van der Waals surface area contributed by atoms with Crippen molar-refractivity contribution in [2.75, 3.05) is 6.54 Å². The standard InChI is InChI=1S/C8H12FN/c1-6-2-3-7(5-10)8(9)4-6/h4H,2-3,5,10H2,1H3. The lowest BCUT2D eigenvalue weighted by molar-refractivity contribution is 0.625. The lowest BCUT2D eigenvalue weighted by atomic mass is 9.99. The predicted octanol–water partition coefficient (Wildman–Crippen LogP) is 1.91. The maximum Gasteiger partial charge on any atom is 0.123 e. The summed E-state index contributed by atoms with van der Waals surface area (Å²) in [4.78, 5) is 0. The van der Waals surface area contributed by atoms with Crippen LogP contribution in [0.15, 0.2) is 23.0 Å². The van der Waals surface area contributed by atoms with E-state index < -0.39 is 0 Å². The number of hydrogen-bond donors (Lipinski definition) is 1. The van der Waals surface area contributed by atoms with Crippen LogP contribution >= 0.6 is 0 Å². The smallest absolute Gasteiger partial charge is 0.123 e. The Labute approximate surface area is 60.4 Å². The maximum absolute atomic E-state index is 12.8. The fourth-order valence-corrected chi connectivity index (χ4v) is 1.06. The molecule has 2 heteroatoms. The van der Waals surface area contributed by atoms with Crippen LogP contribution in [0.4, 0.5) is 4.39 Å². The topological polar surface area (TPSA) is 26.0 Å². The van der Waals surface area contributed by atoms with E-state index >= 15 is 0 Å². The van der Waals surface area contributed by atoms with Crippen LogP contribution in [0.1, 0.15) is 19.8 Å². The first-order chi connectivity index (χ1) is 4.74. The number of rotatable bonds is 1. The van der Waals surface area contributed by atoms with Gasteiger partial charge in [-0.1, -0.05) is 5.57 Å². The Kier molecular flexibility index (Phi) is 2.22. The third-order valence-electron chi connectivity index (χ3n) is 1.78. The van der Waals surface area contributed by atoms with E-state index in [0.717, 1.165) is 24.0 Å². The van der Waals surface area contributed by atoms with Crippen LogP contribution in [0.2, 0.25) is 0 Å². The van der Waals surface area contributed by atoms with Gasteiger partial charge in [0.05, 0.1) is 0 Å². The van der Waals surface area contributed by atoms with Crippen LogP contribution in [-0.4, -0.2) is 6.54 Å². The van der Waals surface area contributed by atoms with Crippen LogP contribution in [0, 0.1) is 0 Å². The van der Waals surface area contributed by atoms with Crippen molar-refractivity contribution >= 4 is 0 Å². The van der Waals surface area contributed by atoms with E-state index in [-0.39, 0.29) is 5.83 Å². The average molecular weight is 141 g/mol. The molecule has 0 aromatic heterocycles. The first kappa shape index (κ1) is 7.48. The van der Waals surface area contributed by atoms with Crippen molar-refractivity contribution in [1.29, 1.82) is 0 Å². The largest absolute Gasteiger partial charge is 0.327 e. The summed E-state index contributed by atoms with van der Waals surface area (Å²) >= 11 is 0. The van der Waals surface area contributed by atoms with Crippen LogP contribution in [0.25, 0.3) is 0 Å². The molecule has 1 aliphatic carbocycles. The third kappa shape index (κ3) is 1.45. The highest BCUT2D eigenvalue weighted by atomic mass is 19.1. The molecular weight excluding hydrogens is 129 g/mol. The summed E-state index contributed by atoms with van der Waals surface area (Å²) in [6.45, 7) is 2.29. The van der Waals surface area contributed by atoms with Gasteiger partial charge in [0.2, 0.25) is 0 Å². The molecule has 0 spiro atoms. The Morgan fingerprint density at radius 1 is 1.60 bits per heavy atom. The highest BCUT2D eigenvalue weighted by Crippen LogP contribution is 2.23. The second-order valence-corrected chi connectivity index (χ2v) is 2.65. The highest BCUT2D eigenvalue weighted by molar-refractivity contribution is 5.28. The first-order valence-electron chi connectivity index (χ1n) is 3.49. The van der Waals surface area contributed by atoms with Gasteiger partial charge >= 0.3 is 0 Å². The van der Waals surface area contributed by atoms with Crippen molar-refractivity contribution in [1.82, 2.24) is 0 Å². The molecule has 0 unspecified atom stereocenters. The van der Waals surface area contributed by atoms with Crippen LogP contribution in [0.3, 0.4) is 0 Å². The molecule has 10 heavy (non-hydrogen) atoms. The minimum Gasteiger partial charge on any atom is -0.327 e. The van der Waals surface area contributed by atoms with Crippen LogP contribution in [0.5, 0.6) is 0 Å². The minimum atomic E-state index is -0.119. The fourth-order valence-electron chi connectivity index (χ4n) is 1.06. The van der Waals surface area contributed by atoms with Crippen molar-refractivity contribution < 1.29 is 4.39 Å². The maximum atomic E-state index is 12.8. The van der Waals surface area contributed by atoms with Gasteiger partial charge in [-0.15, -0.1) is 0 Å². The monoisotopic (exact) mass is 141 g/mol. The Morgan fingerprint density at radius 3 is 2.80 bits per heavy atom. The Morgan fingerprint density at radius 2 is 2.30 bits per heavy atom. The molecule has 1 nitrogen and oxygen atoms in total. The van der Waals surface area contributed by atoms with Gasteiger partial charge in [0.25, 0.3) is 0 Å². The van der Waals surface area contributed by atoms with Gasteiger partial charge < -0.3 is 5.73 Å². The fraction of sp³-hybridized carbons (Fsp3) is 0.500. The first-order valence-corrected chi connectivity index (χ1v) is 3.49. The zero-order chi connectivity index (χ0) is 7.56. The third-order valence-corrected chi connectivity index (χ3v) is 1.78. The van der Waals surface area contributed by atoms with Gasteiger partial charge in [-0.05, 0) is 31.4 Å². The number of hydrogen-bond acceptors (Lipinski definition) is 1. The van der Waals surface area contributed by atoms with Crippen molar-refractivity contribution in [3.63, 3.8) is 0 Å². The molecule has 0 aromatic rings. The van der Waals surface area contributed by atoms with E-state index in [1.807, 2.05) is 6.92 Å². The molecule has 0 heterocycles. The molecule has 2 N–H and O–H groups in total. The van der Waals surface area contributed by atoms with E-state index in [1.165, 1.54) is 0 Å². The molecule has 1 rings (SSSR count). The molecule has 0 radical (unpaired) electrons. The van der Waals surface area contributed by atoms with E-state index in [0.29, 0.717) is 6.54 Å². The molecule has 0 saturated heterocycles. The lowest BCUT2D eigenvalue weighted by Crippen LogP contribution is -2.07. The Balaban J connectivity index is 2.80. The minimum absolute atomic E-state index is 0.119. The molecule has 56 valence electrons. The molecule has 0 fully saturated rings. The summed E-state index contributed by atoms with van der Waals surface area (Å²) in [6, 6.07) is 0. The summed E-state index contributed by atoms with van der Waals surface area (Å²) in [5.41, 5.74) is 7.17. The summed E-state index contributed by atoms with van der Waals surface area (Å²) in [6.07, 6.45) is 3.33. The van der Waals surface area contributed by atoms with Crippen molar-refractivity contribution in [2.24, 2.45) is 5.73 Å². The molecule has 0 bridgehead atoms. The number of halogens is 1. The van der Waals surface area contributed by atoms with E-state index in [9.17, 15) is 4.39 Å². The zero-order valence-corrected chi connectivity index (χ0v) is 6.15. The molecule has 1 aliphatic rings. The van der Waals surface area contributed by atoms with Gasteiger partial charge in [0.1, 0.15) is 5.83 Å². The summed E-state index contributed by atoms with van der Waals surface area (Å²) in [5, 5.41) is 0. The molecule has 0 amide bonds. The summed E-state index contributed by atoms with van der Waals surface area (Å²) < 4.78 is 12.8. The van der Waals surface area contributed by atoms with Gasteiger partial charge in [0.15, 0.2) is 0 Å². The highest BCUT2D eigenvalue weighted by Gasteiger charge is 2.08. The number of allylic oxidation sites excluding steroid dienone is 3. The molecule has 0 atom stereocenters.